The standard InChI is InChI=1S/C67H67N/c1-10-45(3)28-43-60(53-37-29-51(11-2)30-38-53)64(55-18-14-12-15-19-55)63(49(7)52-31-22-46(4)23-32-52)56-39-41-58(42-40-56)66-62(54-33-24-47(5)25-34-54)44-61(50(8)68)65(57-35-26-48(6)27-36-57)67(66,9)59-20-16-13-17-21-59/h10,12-43,50H,11,44,68H2,1-9H3/b43-28+,45-10+,63-49+,64-60+/t50-,67?/m1/s1. The van der Waals surface area contributed by atoms with E-state index in [1.807, 2.05) is 0 Å². The number of rotatable bonds is 13. The predicted octanol–water partition coefficient (Wildman–Crippen LogP) is 17.3. The lowest BCUT2D eigenvalue weighted by molar-refractivity contribution is 0.746. The largest absolute Gasteiger partial charge is 0.324 e. The lowest BCUT2D eigenvalue weighted by atomic mass is 9.59. The monoisotopic (exact) mass is 886 g/mol. The summed E-state index contributed by atoms with van der Waals surface area (Å²) in [6.45, 7) is 19.9. The van der Waals surface area contributed by atoms with Crippen LogP contribution in [0.3, 0.4) is 0 Å². The van der Waals surface area contributed by atoms with Gasteiger partial charge in [0.1, 0.15) is 0 Å². The zero-order valence-corrected chi connectivity index (χ0v) is 41.6. The van der Waals surface area contributed by atoms with Gasteiger partial charge in [-0.3, -0.25) is 0 Å². The van der Waals surface area contributed by atoms with Crippen molar-refractivity contribution in [1.82, 2.24) is 0 Å². The summed E-state index contributed by atoms with van der Waals surface area (Å²) in [5.74, 6) is 0. The predicted molar refractivity (Wildman–Crippen MR) is 296 cm³/mol. The van der Waals surface area contributed by atoms with Crippen LogP contribution in [0, 0.1) is 20.8 Å². The van der Waals surface area contributed by atoms with Crippen LogP contribution in [0.1, 0.15) is 115 Å². The third-order valence-corrected chi connectivity index (χ3v) is 14.2. The fraction of sp³-hybridized carbons (Fsp3) is 0.194. The minimum absolute atomic E-state index is 0.155. The molecule has 0 aromatic heterocycles. The topological polar surface area (TPSA) is 26.0 Å². The molecule has 340 valence electrons. The van der Waals surface area contributed by atoms with Crippen molar-refractivity contribution < 1.29 is 0 Å². The van der Waals surface area contributed by atoms with Crippen molar-refractivity contribution in [3.8, 4) is 0 Å². The van der Waals surface area contributed by atoms with Crippen LogP contribution in [0.4, 0.5) is 0 Å². The Hall–Kier alpha value is -7.06. The van der Waals surface area contributed by atoms with E-state index in [-0.39, 0.29) is 6.04 Å². The highest BCUT2D eigenvalue weighted by molar-refractivity contribution is 6.23. The molecule has 7 aromatic rings. The van der Waals surface area contributed by atoms with E-state index in [0.717, 1.165) is 18.4 Å². The third kappa shape index (κ3) is 9.82. The molecule has 0 saturated carbocycles. The van der Waals surface area contributed by atoms with Gasteiger partial charge in [0.2, 0.25) is 0 Å². The van der Waals surface area contributed by atoms with Crippen molar-refractivity contribution in [3.05, 3.63) is 278 Å². The fourth-order valence-electron chi connectivity index (χ4n) is 10.1. The van der Waals surface area contributed by atoms with Crippen molar-refractivity contribution in [2.45, 2.75) is 86.6 Å². The SMILES string of the molecule is C/C=C(C)/C=C/C(=C(\C(=C(/C)c1ccc(C)cc1)c1ccc(C2=C(c3ccc(C)cc3)CC([C@@H](C)N)=C(c3ccc(C)cc3)C2(C)c2ccccc2)cc1)c1ccccc1)c1ccc(CC)cc1. The minimum atomic E-state index is -0.557. The highest BCUT2D eigenvalue weighted by atomic mass is 14.6. The highest BCUT2D eigenvalue weighted by Gasteiger charge is 2.44. The molecule has 1 aliphatic carbocycles. The Balaban J connectivity index is 1.45. The molecule has 1 heteroatoms. The van der Waals surface area contributed by atoms with Gasteiger partial charge < -0.3 is 5.73 Å². The van der Waals surface area contributed by atoms with Crippen LogP contribution in [-0.2, 0) is 11.8 Å². The zero-order chi connectivity index (χ0) is 48.0. The lowest BCUT2D eigenvalue weighted by Gasteiger charge is -2.44. The molecule has 8 rings (SSSR count). The van der Waals surface area contributed by atoms with Gasteiger partial charge in [0, 0.05) is 11.5 Å². The second-order valence-corrected chi connectivity index (χ2v) is 19.0. The molecule has 1 nitrogen and oxygen atoms in total. The van der Waals surface area contributed by atoms with Crippen LogP contribution in [0.15, 0.2) is 211 Å². The Labute approximate surface area is 407 Å². The molecule has 0 fully saturated rings. The van der Waals surface area contributed by atoms with Gasteiger partial charge in [-0.25, -0.2) is 0 Å². The van der Waals surface area contributed by atoms with Crippen LogP contribution in [0.2, 0.25) is 0 Å². The van der Waals surface area contributed by atoms with E-state index in [9.17, 15) is 0 Å². The smallest absolute Gasteiger partial charge is 0.0438 e. The molecular weight excluding hydrogens is 819 g/mol. The van der Waals surface area contributed by atoms with Gasteiger partial charge >= 0.3 is 0 Å². The first kappa shape index (κ1) is 47.4. The van der Waals surface area contributed by atoms with E-state index in [1.54, 1.807) is 0 Å². The molecule has 0 bridgehead atoms. The number of hydrogen-bond acceptors (Lipinski definition) is 1. The summed E-state index contributed by atoms with van der Waals surface area (Å²) in [4.78, 5) is 0. The normalized spacial score (nSPS) is 16.8. The number of allylic oxidation sites excluding steroid dienone is 11. The molecular formula is C67H67N. The van der Waals surface area contributed by atoms with E-state index in [1.165, 1.54) is 111 Å². The van der Waals surface area contributed by atoms with E-state index < -0.39 is 5.41 Å². The molecule has 68 heavy (non-hydrogen) atoms. The molecule has 0 saturated heterocycles. The first-order chi connectivity index (χ1) is 32.9. The second-order valence-electron chi connectivity index (χ2n) is 19.0. The maximum absolute atomic E-state index is 7.12. The highest BCUT2D eigenvalue weighted by Crippen LogP contribution is 2.57. The minimum Gasteiger partial charge on any atom is -0.324 e. The quantitative estimate of drug-likeness (QED) is 0.0906. The fourth-order valence-corrected chi connectivity index (χ4v) is 10.1. The Morgan fingerprint density at radius 1 is 0.544 bits per heavy atom. The zero-order valence-electron chi connectivity index (χ0n) is 41.6. The van der Waals surface area contributed by atoms with Crippen molar-refractivity contribution >= 4 is 39.0 Å². The molecule has 1 unspecified atom stereocenters. The number of nitrogens with two attached hydrogens (primary N) is 1. The summed E-state index contributed by atoms with van der Waals surface area (Å²) in [6.07, 6.45) is 8.50. The van der Waals surface area contributed by atoms with E-state index >= 15 is 0 Å². The summed E-state index contributed by atoms with van der Waals surface area (Å²) in [5, 5.41) is 0. The summed E-state index contributed by atoms with van der Waals surface area (Å²) in [7, 11) is 0. The van der Waals surface area contributed by atoms with Gasteiger partial charge in [-0.1, -0.05) is 229 Å². The molecule has 7 aromatic carbocycles. The average molecular weight is 886 g/mol. The lowest BCUT2D eigenvalue weighted by Crippen LogP contribution is -2.34. The molecule has 1 aliphatic rings. The average Bonchev–Trinajstić information content (AvgIpc) is 3.37. The number of benzene rings is 7. The molecule has 2 N–H and O–H groups in total. The summed E-state index contributed by atoms with van der Waals surface area (Å²) >= 11 is 0. The second kappa shape index (κ2) is 20.8. The van der Waals surface area contributed by atoms with Crippen molar-refractivity contribution in [2.24, 2.45) is 5.73 Å². The molecule has 0 radical (unpaired) electrons. The van der Waals surface area contributed by atoms with Gasteiger partial charge in [-0.15, -0.1) is 0 Å². The van der Waals surface area contributed by atoms with Crippen molar-refractivity contribution in [3.63, 3.8) is 0 Å². The van der Waals surface area contributed by atoms with E-state index in [4.69, 9.17) is 5.73 Å². The van der Waals surface area contributed by atoms with Gasteiger partial charge in [0.05, 0.1) is 0 Å². The Kier molecular flexibility index (Phi) is 14.5. The number of hydrogen-bond donors (Lipinski definition) is 1. The van der Waals surface area contributed by atoms with Gasteiger partial charge in [0.25, 0.3) is 0 Å². The summed E-state index contributed by atoms with van der Waals surface area (Å²) < 4.78 is 0. The Bertz CT molecular complexity index is 3060. The van der Waals surface area contributed by atoms with Crippen LogP contribution in [0.25, 0.3) is 39.0 Å². The van der Waals surface area contributed by atoms with Crippen LogP contribution < -0.4 is 5.73 Å². The van der Waals surface area contributed by atoms with Crippen LogP contribution in [0.5, 0.6) is 0 Å². The summed E-state index contributed by atoms with van der Waals surface area (Å²) in [6, 6.07) is 67.8. The molecule has 0 aliphatic heterocycles. The van der Waals surface area contributed by atoms with Gasteiger partial charge in [0.15, 0.2) is 0 Å². The van der Waals surface area contributed by atoms with E-state index in [2.05, 4.69) is 263 Å². The van der Waals surface area contributed by atoms with Crippen LogP contribution >= 0.6 is 0 Å². The molecule has 0 heterocycles. The van der Waals surface area contributed by atoms with Crippen LogP contribution in [-0.4, -0.2) is 6.04 Å². The first-order valence-corrected chi connectivity index (χ1v) is 24.4. The van der Waals surface area contributed by atoms with Gasteiger partial charge in [-0.05, 0) is 163 Å². The third-order valence-electron chi connectivity index (χ3n) is 14.2. The summed E-state index contributed by atoms with van der Waals surface area (Å²) in [5.41, 5.74) is 32.4. The Morgan fingerprint density at radius 3 is 1.56 bits per heavy atom. The first-order valence-electron chi connectivity index (χ1n) is 24.4. The van der Waals surface area contributed by atoms with Gasteiger partial charge in [-0.2, -0.15) is 0 Å². The van der Waals surface area contributed by atoms with Crippen molar-refractivity contribution in [2.75, 3.05) is 0 Å². The Morgan fingerprint density at radius 2 is 1.01 bits per heavy atom. The van der Waals surface area contributed by atoms with Crippen molar-refractivity contribution in [1.29, 1.82) is 0 Å². The number of aryl methyl sites for hydroxylation is 4. The maximum atomic E-state index is 7.12. The maximum Gasteiger partial charge on any atom is 0.0438 e. The molecule has 0 amide bonds. The molecule has 0 spiro atoms. The van der Waals surface area contributed by atoms with E-state index in [0.29, 0.717) is 0 Å². The molecule has 2 atom stereocenters.